The first-order chi connectivity index (χ1) is 11.2. The van der Waals surface area contributed by atoms with Crippen molar-refractivity contribution in [2.75, 3.05) is 13.6 Å². The maximum atomic E-state index is 12.5. The fourth-order valence-electron chi connectivity index (χ4n) is 2.33. The molecule has 0 saturated heterocycles. The van der Waals surface area contributed by atoms with E-state index in [2.05, 4.69) is 10.4 Å². The summed E-state index contributed by atoms with van der Waals surface area (Å²) >= 11 is 0. The van der Waals surface area contributed by atoms with Crippen molar-refractivity contribution in [3.8, 4) is 0 Å². The average molecular weight is 341 g/mol. The van der Waals surface area contributed by atoms with E-state index in [-0.39, 0.29) is 24.8 Å². The third-order valence-corrected chi connectivity index (χ3v) is 3.75. The topological polar surface area (TPSA) is 61.8 Å². The second-order valence-corrected chi connectivity index (χ2v) is 5.78. The Bertz CT molecular complexity index is 654. The van der Waals surface area contributed by atoms with Crippen LogP contribution >= 0.6 is 0 Å². The minimum Gasteiger partial charge on any atom is -0.350 e. The normalized spacial score (nSPS) is 16.1. The number of amides is 2. The molecule has 130 valence electrons. The van der Waals surface area contributed by atoms with Crippen LogP contribution in [0, 0.1) is 5.92 Å². The molecule has 0 aromatic heterocycles. The van der Waals surface area contributed by atoms with Gasteiger partial charge in [-0.3, -0.25) is 9.59 Å². The van der Waals surface area contributed by atoms with Gasteiger partial charge in [-0.15, -0.1) is 0 Å². The Kier molecular flexibility index (Phi) is 5.26. The van der Waals surface area contributed by atoms with Crippen LogP contribution in [0.1, 0.15) is 24.5 Å². The number of benzene rings is 1. The van der Waals surface area contributed by atoms with Gasteiger partial charge in [0.2, 0.25) is 11.8 Å². The lowest BCUT2D eigenvalue weighted by Crippen LogP contribution is -2.34. The van der Waals surface area contributed by atoms with E-state index < -0.39 is 17.7 Å². The number of nitrogens with one attached hydrogen (secondary N) is 1. The van der Waals surface area contributed by atoms with Gasteiger partial charge in [-0.05, 0) is 24.1 Å². The molecule has 1 aliphatic heterocycles. The van der Waals surface area contributed by atoms with Gasteiger partial charge in [-0.1, -0.05) is 19.1 Å². The molecule has 0 bridgehead atoms. The fourth-order valence-corrected chi connectivity index (χ4v) is 2.33. The second-order valence-electron chi connectivity index (χ2n) is 5.78. The Morgan fingerprint density at radius 2 is 1.96 bits per heavy atom. The Balaban J connectivity index is 1.85. The summed E-state index contributed by atoms with van der Waals surface area (Å²) in [4.78, 5) is 23.4. The van der Waals surface area contributed by atoms with E-state index in [0.29, 0.717) is 17.7 Å². The number of alkyl halides is 3. The molecule has 0 saturated carbocycles. The average Bonchev–Trinajstić information content (AvgIpc) is 2.83. The molecule has 0 radical (unpaired) electrons. The highest BCUT2D eigenvalue weighted by molar-refractivity contribution is 6.06. The van der Waals surface area contributed by atoms with E-state index >= 15 is 0 Å². The molecule has 5 nitrogen and oxygen atoms in total. The molecular weight excluding hydrogens is 323 g/mol. The molecule has 1 N–H and O–H groups in total. The zero-order chi connectivity index (χ0) is 17.9. The van der Waals surface area contributed by atoms with E-state index in [0.717, 1.165) is 12.1 Å². The number of nitrogens with zero attached hydrogens (tertiary/aromatic N) is 2. The highest BCUT2D eigenvalue weighted by atomic mass is 19.4. The number of carbonyl (C=O) groups excluding carboxylic acids is 2. The molecule has 1 aliphatic rings. The number of hydrogen-bond donors (Lipinski definition) is 1. The lowest BCUT2D eigenvalue weighted by Gasteiger charge is -2.13. The quantitative estimate of drug-likeness (QED) is 0.893. The minimum atomic E-state index is -4.37. The van der Waals surface area contributed by atoms with Crippen LogP contribution in [-0.2, 0) is 22.2 Å². The first kappa shape index (κ1) is 18.0. The van der Waals surface area contributed by atoms with E-state index in [1.54, 1.807) is 14.0 Å². The van der Waals surface area contributed by atoms with E-state index in [1.165, 1.54) is 17.1 Å². The summed E-state index contributed by atoms with van der Waals surface area (Å²) in [6.07, 6.45) is -3.85. The Labute approximate surface area is 137 Å². The molecule has 1 aromatic carbocycles. The Hall–Kier alpha value is -2.38. The highest BCUT2D eigenvalue weighted by Crippen LogP contribution is 2.29. The standard InChI is InChI=1S/C16H18F3N3O2/c1-10(7-11-3-5-12(6-4-11)16(17,18)19)15(24)20-9-13-8-14(23)22(2)21-13/h3-6,10H,7-9H2,1-2H3,(H,20,24)/t10-/m0/s1. The van der Waals surface area contributed by atoms with E-state index in [4.69, 9.17) is 0 Å². The summed E-state index contributed by atoms with van der Waals surface area (Å²) in [7, 11) is 1.55. The Morgan fingerprint density at radius 3 is 2.46 bits per heavy atom. The zero-order valence-electron chi connectivity index (χ0n) is 13.4. The monoisotopic (exact) mass is 341 g/mol. The molecule has 0 unspecified atom stereocenters. The molecule has 1 aromatic rings. The molecule has 0 spiro atoms. The molecule has 0 fully saturated rings. The molecule has 0 aliphatic carbocycles. The zero-order valence-corrected chi connectivity index (χ0v) is 13.4. The van der Waals surface area contributed by atoms with Gasteiger partial charge in [0.15, 0.2) is 0 Å². The van der Waals surface area contributed by atoms with Gasteiger partial charge in [0.25, 0.3) is 0 Å². The largest absolute Gasteiger partial charge is 0.416 e. The van der Waals surface area contributed by atoms with Gasteiger partial charge in [-0.2, -0.15) is 18.3 Å². The third-order valence-electron chi connectivity index (χ3n) is 3.75. The lowest BCUT2D eigenvalue weighted by atomic mass is 9.99. The van der Waals surface area contributed by atoms with Gasteiger partial charge < -0.3 is 5.32 Å². The molecule has 1 heterocycles. The van der Waals surface area contributed by atoms with Gasteiger partial charge in [0.05, 0.1) is 24.2 Å². The predicted molar refractivity (Wildman–Crippen MR) is 82.1 cm³/mol. The summed E-state index contributed by atoms with van der Waals surface area (Å²) < 4.78 is 37.5. The van der Waals surface area contributed by atoms with Crippen molar-refractivity contribution >= 4 is 17.5 Å². The maximum Gasteiger partial charge on any atom is 0.416 e. The summed E-state index contributed by atoms with van der Waals surface area (Å²) in [5.74, 6) is -0.770. The van der Waals surface area contributed by atoms with Crippen LogP contribution in [-0.4, -0.2) is 36.1 Å². The van der Waals surface area contributed by atoms with Gasteiger partial charge >= 0.3 is 6.18 Å². The number of halogens is 3. The lowest BCUT2D eigenvalue weighted by molar-refractivity contribution is -0.137. The van der Waals surface area contributed by atoms with Gasteiger partial charge in [0, 0.05) is 13.0 Å². The van der Waals surface area contributed by atoms with E-state index in [9.17, 15) is 22.8 Å². The molecular formula is C16H18F3N3O2. The van der Waals surface area contributed by atoms with Crippen LogP contribution in [0.25, 0.3) is 0 Å². The van der Waals surface area contributed by atoms with Crippen molar-refractivity contribution in [3.63, 3.8) is 0 Å². The van der Waals surface area contributed by atoms with Crippen molar-refractivity contribution in [1.29, 1.82) is 0 Å². The van der Waals surface area contributed by atoms with Crippen molar-refractivity contribution in [1.82, 2.24) is 10.3 Å². The second kappa shape index (κ2) is 7.02. The minimum absolute atomic E-state index is 0.128. The smallest absolute Gasteiger partial charge is 0.350 e. The summed E-state index contributed by atoms with van der Waals surface area (Å²) in [5, 5.41) is 7.92. The van der Waals surface area contributed by atoms with Crippen molar-refractivity contribution < 1.29 is 22.8 Å². The van der Waals surface area contributed by atoms with Gasteiger partial charge in [-0.25, -0.2) is 5.01 Å². The van der Waals surface area contributed by atoms with Crippen LogP contribution in [0.5, 0.6) is 0 Å². The highest BCUT2D eigenvalue weighted by Gasteiger charge is 2.30. The van der Waals surface area contributed by atoms with Crippen LogP contribution < -0.4 is 5.32 Å². The number of hydrazone groups is 1. The van der Waals surface area contributed by atoms with Crippen molar-refractivity contribution in [2.45, 2.75) is 25.9 Å². The molecule has 24 heavy (non-hydrogen) atoms. The van der Waals surface area contributed by atoms with Crippen LogP contribution in [0.4, 0.5) is 13.2 Å². The predicted octanol–water partition coefficient (Wildman–Crippen LogP) is 2.22. The molecule has 1 atom stereocenters. The third kappa shape index (κ3) is 4.56. The fraction of sp³-hybridized carbons (Fsp3) is 0.438. The van der Waals surface area contributed by atoms with Crippen LogP contribution in [0.15, 0.2) is 29.4 Å². The molecule has 2 rings (SSSR count). The SMILES string of the molecule is C[C@@H](Cc1ccc(C(F)(F)F)cc1)C(=O)NCC1=NN(C)C(=O)C1. The van der Waals surface area contributed by atoms with Crippen LogP contribution in [0.2, 0.25) is 0 Å². The first-order valence-electron chi connectivity index (χ1n) is 7.43. The Morgan fingerprint density at radius 1 is 1.33 bits per heavy atom. The van der Waals surface area contributed by atoms with Crippen molar-refractivity contribution in [3.05, 3.63) is 35.4 Å². The van der Waals surface area contributed by atoms with Gasteiger partial charge in [0.1, 0.15) is 0 Å². The summed E-state index contributed by atoms with van der Waals surface area (Å²) in [5.41, 5.74) is 0.521. The molecule has 2 amide bonds. The maximum absolute atomic E-state index is 12.5. The number of hydrogen-bond acceptors (Lipinski definition) is 3. The number of carbonyl (C=O) groups is 2. The first-order valence-corrected chi connectivity index (χ1v) is 7.43. The van der Waals surface area contributed by atoms with Crippen molar-refractivity contribution in [2.24, 2.45) is 11.0 Å². The molecule has 8 heteroatoms. The van der Waals surface area contributed by atoms with Crippen LogP contribution in [0.3, 0.4) is 0 Å². The summed E-state index contributed by atoms with van der Waals surface area (Å²) in [6, 6.07) is 4.77. The number of rotatable bonds is 5. The van der Waals surface area contributed by atoms with E-state index in [1.807, 2.05) is 0 Å². The summed E-state index contributed by atoms with van der Waals surface area (Å²) in [6.45, 7) is 1.88.